The van der Waals surface area contributed by atoms with Crippen LogP contribution in [0.25, 0.3) is 50.4 Å². The van der Waals surface area contributed by atoms with Crippen LogP contribution in [0.15, 0.2) is 101 Å². The van der Waals surface area contributed by atoms with Gasteiger partial charge in [0, 0.05) is 34.9 Å². The van der Waals surface area contributed by atoms with E-state index in [1.165, 1.54) is 16.7 Å². The molecule has 0 fully saturated rings. The summed E-state index contributed by atoms with van der Waals surface area (Å²) in [5.41, 5.74) is 1.09. The van der Waals surface area contributed by atoms with Gasteiger partial charge in [-0.15, -0.1) is 0 Å². The average Bonchev–Trinajstić information content (AvgIpc) is 3.30. The fourth-order valence-electron chi connectivity index (χ4n) is 3.81. The van der Waals surface area contributed by atoms with Crippen LogP contribution < -0.4 is 5.56 Å². The summed E-state index contributed by atoms with van der Waals surface area (Å²) in [5.74, 6) is 0.493. The zero-order valence-corrected chi connectivity index (χ0v) is 17.1. The fourth-order valence-corrected chi connectivity index (χ4v) is 3.81. The Morgan fingerprint density at radius 2 is 1.64 bits per heavy atom. The van der Waals surface area contributed by atoms with Crippen LogP contribution >= 0.6 is 0 Å². The van der Waals surface area contributed by atoms with Crippen molar-refractivity contribution in [3.63, 3.8) is 0 Å². The predicted octanol–water partition coefficient (Wildman–Crippen LogP) is 5.40. The highest BCUT2D eigenvalue weighted by molar-refractivity contribution is 5.84. The summed E-state index contributed by atoms with van der Waals surface area (Å²) in [6.45, 7) is 0. The van der Waals surface area contributed by atoms with Crippen LogP contribution in [-0.4, -0.2) is 19.5 Å². The molecule has 158 valence electrons. The molecule has 0 unspecified atom stereocenters. The van der Waals surface area contributed by atoms with E-state index in [2.05, 4.69) is 15.0 Å². The third-order valence-corrected chi connectivity index (χ3v) is 5.46. The first kappa shape index (κ1) is 19.1. The molecule has 7 heteroatoms. The maximum absolute atomic E-state index is 13.6. The van der Waals surface area contributed by atoms with E-state index in [0.717, 1.165) is 16.2 Å². The minimum atomic E-state index is -0.372. The summed E-state index contributed by atoms with van der Waals surface area (Å²) in [7, 11) is 0. The molecule has 2 aromatic carbocycles. The van der Waals surface area contributed by atoms with E-state index in [4.69, 9.17) is 4.42 Å². The molecule has 0 N–H and O–H groups in total. The molecule has 4 aromatic heterocycles. The molecular formula is C26H15FN4O2. The van der Waals surface area contributed by atoms with Gasteiger partial charge in [-0.1, -0.05) is 30.3 Å². The second-order valence-electron chi connectivity index (χ2n) is 7.53. The number of hydrogen-bond acceptors (Lipinski definition) is 5. The zero-order valence-electron chi connectivity index (χ0n) is 17.1. The van der Waals surface area contributed by atoms with Crippen molar-refractivity contribution in [2.75, 3.05) is 0 Å². The van der Waals surface area contributed by atoms with Gasteiger partial charge in [-0.05, 0) is 47.9 Å². The van der Waals surface area contributed by atoms with Crippen LogP contribution in [0.1, 0.15) is 0 Å². The number of fused-ring (bicyclic) bond motifs is 2. The van der Waals surface area contributed by atoms with Gasteiger partial charge in [-0.3, -0.25) is 19.3 Å². The Bertz CT molecular complexity index is 1700. The molecule has 0 atom stereocenters. The minimum absolute atomic E-state index is 0.253. The lowest BCUT2D eigenvalue weighted by molar-refractivity contribution is 0.585. The third-order valence-electron chi connectivity index (χ3n) is 5.46. The molecule has 33 heavy (non-hydrogen) atoms. The summed E-state index contributed by atoms with van der Waals surface area (Å²) in [5, 5.41) is 2.70. The van der Waals surface area contributed by atoms with E-state index >= 15 is 0 Å². The minimum Gasteiger partial charge on any atom is -0.432 e. The standard InChI is InChI=1S/C26H15FN4O2/c27-20-9-7-17(8-10-20)23-24(31-13-11-16-6-3-12-28-22(16)26(31)32)30-25(33-23)21-14-18-4-1-2-5-19(18)15-29-21/h1-15H. The monoisotopic (exact) mass is 434 g/mol. The van der Waals surface area contributed by atoms with Gasteiger partial charge in [0.25, 0.3) is 5.56 Å². The lowest BCUT2D eigenvalue weighted by atomic mass is 10.1. The average molecular weight is 434 g/mol. The van der Waals surface area contributed by atoms with Crippen molar-refractivity contribution in [1.29, 1.82) is 0 Å². The molecule has 0 aliphatic rings. The second-order valence-corrected chi connectivity index (χ2v) is 7.53. The first-order valence-electron chi connectivity index (χ1n) is 10.3. The molecule has 4 heterocycles. The number of hydrogen-bond donors (Lipinski definition) is 0. The lowest BCUT2D eigenvalue weighted by Gasteiger charge is -2.05. The summed E-state index contributed by atoms with van der Waals surface area (Å²) in [6, 6.07) is 20.9. The normalized spacial score (nSPS) is 11.3. The molecule has 0 saturated heterocycles. The molecule has 6 aromatic rings. The highest BCUT2D eigenvalue weighted by atomic mass is 19.1. The van der Waals surface area contributed by atoms with Crippen LogP contribution in [0.3, 0.4) is 0 Å². The van der Waals surface area contributed by atoms with Gasteiger partial charge in [0.15, 0.2) is 11.6 Å². The van der Waals surface area contributed by atoms with Crippen molar-refractivity contribution >= 4 is 21.7 Å². The fraction of sp³-hybridized carbons (Fsp3) is 0. The third kappa shape index (κ3) is 3.27. The number of benzene rings is 2. The van der Waals surface area contributed by atoms with E-state index < -0.39 is 0 Å². The van der Waals surface area contributed by atoms with Gasteiger partial charge in [0.1, 0.15) is 17.0 Å². The largest absolute Gasteiger partial charge is 0.432 e. The molecule has 0 spiro atoms. The summed E-state index contributed by atoms with van der Waals surface area (Å²) in [4.78, 5) is 26.6. The van der Waals surface area contributed by atoms with E-state index in [0.29, 0.717) is 22.5 Å². The Kier molecular flexibility index (Phi) is 4.33. The van der Waals surface area contributed by atoms with E-state index in [1.807, 2.05) is 36.4 Å². The van der Waals surface area contributed by atoms with E-state index in [1.54, 1.807) is 42.9 Å². The number of aromatic nitrogens is 4. The Hall–Kier alpha value is -4.65. The summed E-state index contributed by atoms with van der Waals surface area (Å²) >= 11 is 0. The van der Waals surface area contributed by atoms with Crippen molar-refractivity contribution in [3.05, 3.63) is 108 Å². The van der Waals surface area contributed by atoms with Crippen molar-refractivity contribution in [1.82, 2.24) is 19.5 Å². The summed E-state index contributed by atoms with van der Waals surface area (Å²) in [6.07, 6.45) is 4.95. The van der Waals surface area contributed by atoms with Gasteiger partial charge in [-0.2, -0.15) is 4.98 Å². The maximum Gasteiger partial charge on any atom is 0.282 e. The Balaban J connectivity index is 1.59. The molecule has 6 nitrogen and oxygen atoms in total. The predicted molar refractivity (Wildman–Crippen MR) is 124 cm³/mol. The van der Waals surface area contributed by atoms with Crippen molar-refractivity contribution in [2.45, 2.75) is 0 Å². The zero-order chi connectivity index (χ0) is 22.4. The van der Waals surface area contributed by atoms with E-state index in [9.17, 15) is 9.18 Å². The number of halogens is 1. The lowest BCUT2D eigenvalue weighted by Crippen LogP contribution is -2.19. The van der Waals surface area contributed by atoms with Crippen LogP contribution in [0.5, 0.6) is 0 Å². The number of rotatable bonds is 3. The quantitative estimate of drug-likeness (QED) is 0.373. The van der Waals surface area contributed by atoms with Gasteiger partial charge in [-0.25, -0.2) is 4.39 Å². The van der Waals surface area contributed by atoms with Crippen molar-refractivity contribution < 1.29 is 8.81 Å². The van der Waals surface area contributed by atoms with Gasteiger partial charge in [0.2, 0.25) is 5.89 Å². The number of pyridine rings is 3. The van der Waals surface area contributed by atoms with Gasteiger partial charge in [0.05, 0.1) is 0 Å². The van der Waals surface area contributed by atoms with Crippen molar-refractivity contribution in [3.8, 4) is 28.7 Å². The van der Waals surface area contributed by atoms with Crippen LogP contribution in [0.2, 0.25) is 0 Å². The molecule has 0 radical (unpaired) electrons. The topological polar surface area (TPSA) is 73.8 Å². The van der Waals surface area contributed by atoms with Gasteiger partial charge < -0.3 is 4.42 Å². The van der Waals surface area contributed by atoms with Crippen LogP contribution in [-0.2, 0) is 0 Å². The Labute approximate surface area is 186 Å². The molecule has 0 aliphatic heterocycles. The smallest absolute Gasteiger partial charge is 0.282 e. The molecule has 0 amide bonds. The summed E-state index contributed by atoms with van der Waals surface area (Å²) < 4.78 is 21.1. The number of oxazole rings is 1. The van der Waals surface area contributed by atoms with Crippen molar-refractivity contribution in [2.24, 2.45) is 0 Å². The molecule has 0 aliphatic carbocycles. The first-order valence-corrected chi connectivity index (χ1v) is 10.3. The SMILES string of the molecule is O=c1c2ncccc2ccn1-c1nc(-c2cc3ccccc3cn2)oc1-c1ccc(F)cc1. The first-order chi connectivity index (χ1) is 16.2. The Morgan fingerprint density at radius 1 is 0.848 bits per heavy atom. The highest BCUT2D eigenvalue weighted by Crippen LogP contribution is 2.32. The van der Waals surface area contributed by atoms with Crippen LogP contribution in [0, 0.1) is 5.82 Å². The Morgan fingerprint density at radius 3 is 2.48 bits per heavy atom. The van der Waals surface area contributed by atoms with Gasteiger partial charge >= 0.3 is 0 Å². The van der Waals surface area contributed by atoms with E-state index in [-0.39, 0.29) is 23.1 Å². The maximum atomic E-state index is 13.6. The molecule has 0 bridgehead atoms. The number of nitrogens with zero attached hydrogens (tertiary/aromatic N) is 4. The highest BCUT2D eigenvalue weighted by Gasteiger charge is 2.21. The van der Waals surface area contributed by atoms with Crippen LogP contribution in [0.4, 0.5) is 4.39 Å². The molecular weight excluding hydrogens is 419 g/mol. The second kappa shape index (κ2) is 7.49. The molecule has 6 rings (SSSR count). The molecule has 0 saturated carbocycles.